The van der Waals surface area contributed by atoms with E-state index in [1.54, 1.807) is 5.56 Å². The predicted molar refractivity (Wildman–Crippen MR) is 79.5 cm³/mol. The molecular formula is C16H20N2S. The number of fused-ring (bicyclic) bond motifs is 1. The highest BCUT2D eigenvalue weighted by molar-refractivity contribution is 8.00. The number of hydrogen-bond donors (Lipinski definition) is 0. The molecule has 4 heterocycles. The van der Waals surface area contributed by atoms with Gasteiger partial charge in [-0.2, -0.15) is 0 Å². The average molecular weight is 272 g/mol. The Labute approximate surface area is 119 Å². The SMILES string of the molecule is c1cc2c3cc1C(S3)N2C1(N2CCCCC2)CCC1. The van der Waals surface area contributed by atoms with Crippen molar-refractivity contribution in [2.24, 2.45) is 0 Å². The molecule has 0 N–H and O–H groups in total. The Morgan fingerprint density at radius 1 is 1.05 bits per heavy atom. The third-order valence-corrected chi connectivity index (χ3v) is 6.84. The maximum atomic E-state index is 2.82. The first-order chi connectivity index (χ1) is 9.38. The van der Waals surface area contributed by atoms with Crippen molar-refractivity contribution < 1.29 is 0 Å². The summed E-state index contributed by atoms with van der Waals surface area (Å²) >= 11 is 2.08. The smallest absolute Gasteiger partial charge is 0.107 e. The van der Waals surface area contributed by atoms with Crippen LogP contribution in [-0.2, 0) is 0 Å². The molecule has 1 aliphatic carbocycles. The van der Waals surface area contributed by atoms with Crippen LogP contribution in [0.5, 0.6) is 0 Å². The number of piperidine rings is 1. The minimum Gasteiger partial charge on any atom is -0.336 e. The molecule has 3 heteroatoms. The van der Waals surface area contributed by atoms with E-state index >= 15 is 0 Å². The van der Waals surface area contributed by atoms with E-state index in [4.69, 9.17) is 0 Å². The second-order valence-corrected chi connectivity index (χ2v) is 7.57. The van der Waals surface area contributed by atoms with Crippen LogP contribution < -0.4 is 4.90 Å². The molecule has 4 bridgehead atoms. The number of benzene rings is 1. The zero-order valence-corrected chi connectivity index (χ0v) is 12.1. The number of likely N-dealkylation sites (tertiary alicyclic amines) is 1. The monoisotopic (exact) mass is 272 g/mol. The summed E-state index contributed by atoms with van der Waals surface area (Å²) in [6.45, 7) is 2.64. The Hall–Kier alpha value is -0.670. The van der Waals surface area contributed by atoms with Gasteiger partial charge < -0.3 is 4.90 Å². The molecule has 6 rings (SSSR count). The molecule has 0 amide bonds. The van der Waals surface area contributed by atoms with Crippen molar-refractivity contribution in [3.63, 3.8) is 0 Å². The van der Waals surface area contributed by atoms with Gasteiger partial charge in [-0.05, 0) is 49.8 Å². The molecule has 0 radical (unpaired) electrons. The van der Waals surface area contributed by atoms with Gasteiger partial charge in [0.25, 0.3) is 0 Å². The highest BCUT2D eigenvalue weighted by Gasteiger charge is 2.54. The molecule has 0 aromatic heterocycles. The molecule has 2 fully saturated rings. The molecule has 0 spiro atoms. The highest BCUT2D eigenvalue weighted by Crippen LogP contribution is 2.63. The number of anilines is 1. The van der Waals surface area contributed by atoms with Crippen LogP contribution in [0.25, 0.3) is 0 Å². The van der Waals surface area contributed by atoms with Crippen LogP contribution in [0.2, 0.25) is 0 Å². The van der Waals surface area contributed by atoms with E-state index < -0.39 is 0 Å². The summed E-state index contributed by atoms with van der Waals surface area (Å²) in [6, 6.07) is 7.11. The number of hydrogen-bond acceptors (Lipinski definition) is 3. The van der Waals surface area contributed by atoms with Crippen molar-refractivity contribution in [2.75, 3.05) is 18.0 Å². The van der Waals surface area contributed by atoms with Gasteiger partial charge in [0.15, 0.2) is 0 Å². The van der Waals surface area contributed by atoms with E-state index in [1.165, 1.54) is 62.2 Å². The molecule has 1 atom stereocenters. The number of thioether (sulfide) groups is 1. The van der Waals surface area contributed by atoms with Crippen LogP contribution >= 0.6 is 11.8 Å². The Morgan fingerprint density at radius 2 is 1.89 bits per heavy atom. The van der Waals surface area contributed by atoms with Crippen LogP contribution in [-0.4, -0.2) is 23.7 Å². The van der Waals surface area contributed by atoms with Gasteiger partial charge in [0.1, 0.15) is 5.37 Å². The molecule has 1 saturated carbocycles. The lowest BCUT2D eigenvalue weighted by atomic mass is 9.79. The van der Waals surface area contributed by atoms with Gasteiger partial charge in [0, 0.05) is 18.0 Å². The summed E-state index contributed by atoms with van der Waals surface area (Å²) in [5.41, 5.74) is 3.44. The fourth-order valence-electron chi connectivity index (χ4n) is 4.45. The molecule has 1 aromatic carbocycles. The van der Waals surface area contributed by atoms with Gasteiger partial charge in [-0.15, -0.1) is 0 Å². The third-order valence-electron chi connectivity index (χ3n) is 5.55. The van der Waals surface area contributed by atoms with E-state index in [9.17, 15) is 0 Å². The fraction of sp³-hybridized carbons (Fsp3) is 0.625. The summed E-state index contributed by atoms with van der Waals surface area (Å²) < 4.78 is 0. The normalized spacial score (nSPS) is 30.9. The summed E-state index contributed by atoms with van der Waals surface area (Å²) in [4.78, 5) is 7.14. The van der Waals surface area contributed by atoms with Crippen LogP contribution in [0.15, 0.2) is 23.1 Å². The van der Waals surface area contributed by atoms with Crippen molar-refractivity contribution in [1.29, 1.82) is 0 Å². The van der Waals surface area contributed by atoms with E-state index in [-0.39, 0.29) is 0 Å². The van der Waals surface area contributed by atoms with Crippen LogP contribution in [0.1, 0.15) is 49.5 Å². The minimum absolute atomic E-state index is 0.374. The maximum absolute atomic E-state index is 2.82. The zero-order valence-electron chi connectivity index (χ0n) is 11.3. The average Bonchev–Trinajstić information content (AvgIpc) is 2.92. The van der Waals surface area contributed by atoms with Gasteiger partial charge in [-0.1, -0.05) is 24.2 Å². The van der Waals surface area contributed by atoms with Gasteiger partial charge in [0.05, 0.1) is 11.4 Å². The highest BCUT2D eigenvalue weighted by atomic mass is 32.2. The van der Waals surface area contributed by atoms with E-state index in [0.717, 1.165) is 0 Å². The topological polar surface area (TPSA) is 6.48 Å². The maximum Gasteiger partial charge on any atom is 0.107 e. The molecule has 1 saturated heterocycles. The van der Waals surface area contributed by atoms with Crippen LogP contribution in [0.4, 0.5) is 5.69 Å². The first-order valence-corrected chi connectivity index (χ1v) is 8.61. The van der Waals surface area contributed by atoms with E-state index in [1.807, 2.05) is 0 Å². The Bertz CT molecular complexity index is 532. The summed E-state index contributed by atoms with van der Waals surface area (Å²) in [7, 11) is 0. The van der Waals surface area contributed by atoms with Crippen molar-refractivity contribution in [3.8, 4) is 0 Å². The van der Waals surface area contributed by atoms with Crippen molar-refractivity contribution in [3.05, 3.63) is 23.8 Å². The van der Waals surface area contributed by atoms with Crippen LogP contribution in [0, 0.1) is 0 Å². The Balaban J connectivity index is 1.55. The van der Waals surface area contributed by atoms with E-state index in [2.05, 4.69) is 39.8 Å². The second kappa shape index (κ2) is 3.70. The van der Waals surface area contributed by atoms with Gasteiger partial charge >= 0.3 is 0 Å². The lowest BCUT2D eigenvalue weighted by molar-refractivity contribution is -0.00286. The zero-order chi connectivity index (χ0) is 12.4. The number of rotatable bonds is 2. The van der Waals surface area contributed by atoms with E-state index in [0.29, 0.717) is 11.0 Å². The largest absolute Gasteiger partial charge is 0.336 e. The predicted octanol–water partition coefficient (Wildman–Crippen LogP) is 3.98. The second-order valence-electron chi connectivity index (χ2n) is 6.45. The van der Waals surface area contributed by atoms with Gasteiger partial charge in [0.2, 0.25) is 0 Å². The summed E-state index contributed by atoms with van der Waals surface area (Å²) in [6.07, 6.45) is 8.40. The summed E-state index contributed by atoms with van der Waals surface area (Å²) in [5, 5.41) is 0.609. The quantitative estimate of drug-likeness (QED) is 0.804. The molecule has 2 nitrogen and oxygen atoms in total. The first kappa shape index (κ1) is 11.0. The van der Waals surface area contributed by atoms with Gasteiger partial charge in [-0.25, -0.2) is 0 Å². The molecule has 1 aromatic rings. The molecule has 100 valence electrons. The number of nitrogens with zero attached hydrogens (tertiary/aromatic N) is 2. The molecule has 19 heavy (non-hydrogen) atoms. The van der Waals surface area contributed by atoms with Crippen LogP contribution in [0.3, 0.4) is 0 Å². The van der Waals surface area contributed by atoms with Crippen molar-refractivity contribution in [1.82, 2.24) is 4.90 Å². The minimum atomic E-state index is 0.374. The Morgan fingerprint density at radius 3 is 2.53 bits per heavy atom. The lowest BCUT2D eigenvalue weighted by Gasteiger charge is -2.59. The Kier molecular flexibility index (Phi) is 2.15. The van der Waals surface area contributed by atoms with Crippen molar-refractivity contribution >= 4 is 17.4 Å². The standard InChI is InChI=1S/C16H20N2S/c1-2-9-17(10-3-1)16(7-4-8-16)18-13-6-5-12-11-14(13)19-15(12)18/h5-6,11,15H,1-4,7-10H2. The van der Waals surface area contributed by atoms with Crippen molar-refractivity contribution in [2.45, 2.75) is 54.5 Å². The molecule has 1 unspecified atom stereocenters. The lowest BCUT2D eigenvalue weighted by Crippen LogP contribution is -2.66. The fourth-order valence-corrected chi connectivity index (χ4v) is 5.88. The summed E-state index contributed by atoms with van der Waals surface area (Å²) in [5.74, 6) is 0. The molecular weight excluding hydrogens is 252 g/mol. The van der Waals surface area contributed by atoms with Gasteiger partial charge in [-0.3, -0.25) is 4.90 Å². The molecule has 5 aliphatic rings. The third kappa shape index (κ3) is 1.28. The molecule has 4 aliphatic heterocycles. The first-order valence-electron chi connectivity index (χ1n) is 7.74.